The van der Waals surface area contributed by atoms with E-state index < -0.39 is 0 Å². The Morgan fingerprint density at radius 3 is 2.43 bits per heavy atom. The number of piperidine rings is 1. The monoisotopic (exact) mass is 560 g/mol. The van der Waals surface area contributed by atoms with Gasteiger partial charge in [0.15, 0.2) is 0 Å². The maximum absolute atomic E-state index is 13.3. The molecule has 6 rings (SSSR count). The maximum Gasteiger partial charge on any atom is 0.410 e. The number of nitrogens with zero attached hydrogens (tertiary/aromatic N) is 1. The van der Waals surface area contributed by atoms with Crippen molar-refractivity contribution in [3.05, 3.63) is 93.5 Å². The molecule has 0 aromatic heterocycles. The Hall–Kier alpha value is -2.99. The lowest BCUT2D eigenvalue weighted by molar-refractivity contribution is -0.0138. The third-order valence-electron chi connectivity index (χ3n) is 8.76. The molecule has 3 aliphatic rings. The lowest BCUT2D eigenvalue weighted by Crippen LogP contribution is -2.62. The van der Waals surface area contributed by atoms with E-state index in [4.69, 9.17) is 15.2 Å². The Morgan fingerprint density at radius 1 is 1.00 bits per heavy atom. The van der Waals surface area contributed by atoms with Crippen LogP contribution < -0.4 is 10.5 Å². The summed E-state index contributed by atoms with van der Waals surface area (Å²) in [5.41, 5.74) is 12.0. The minimum absolute atomic E-state index is 0.0494. The van der Waals surface area contributed by atoms with Gasteiger partial charge in [-0.25, -0.2) is 4.79 Å². The minimum Gasteiger partial charge on any atom is -0.487 e. The molecule has 2 bridgehead atoms. The van der Waals surface area contributed by atoms with Crippen molar-refractivity contribution < 1.29 is 14.3 Å². The summed E-state index contributed by atoms with van der Waals surface area (Å²) in [7, 11) is 0. The lowest BCUT2D eigenvalue weighted by Gasteiger charge is -2.58. The molecule has 2 N–H and O–H groups in total. The van der Waals surface area contributed by atoms with Crippen LogP contribution in [0.2, 0.25) is 0 Å². The van der Waals surface area contributed by atoms with Gasteiger partial charge in [0, 0.05) is 22.5 Å². The van der Waals surface area contributed by atoms with Gasteiger partial charge in [0.2, 0.25) is 0 Å². The third kappa shape index (κ3) is 4.39. The first kappa shape index (κ1) is 24.4. The topological polar surface area (TPSA) is 64.8 Å². The number of likely N-dealkylation sites (tertiary alicyclic amines) is 1. The molecule has 3 aromatic rings. The summed E-state index contributed by atoms with van der Waals surface area (Å²) < 4.78 is 13.0. The average molecular weight is 562 g/mol. The smallest absolute Gasteiger partial charge is 0.410 e. The Bertz CT molecular complexity index is 1280. The van der Waals surface area contributed by atoms with Gasteiger partial charge in [-0.2, -0.15) is 0 Å². The SMILES string of the molecule is Nc1c(OCc2ccccc2)cc2c(c1Br)C[C@H]1[C@H]3CCCC[C@@]23CCN1C(=O)OCc1ccccc1. The van der Waals surface area contributed by atoms with Crippen molar-refractivity contribution in [2.24, 2.45) is 5.92 Å². The van der Waals surface area contributed by atoms with Crippen molar-refractivity contribution in [2.45, 2.75) is 63.2 Å². The summed E-state index contributed by atoms with van der Waals surface area (Å²) in [6, 6.07) is 22.4. The minimum atomic E-state index is -0.205. The number of halogens is 1. The highest BCUT2D eigenvalue weighted by molar-refractivity contribution is 9.10. The van der Waals surface area contributed by atoms with Crippen molar-refractivity contribution in [3.8, 4) is 5.75 Å². The number of carbonyl (C=O) groups excluding carboxylic acids is 1. The summed E-state index contributed by atoms with van der Waals surface area (Å²) in [4.78, 5) is 15.3. The summed E-state index contributed by atoms with van der Waals surface area (Å²) in [5.74, 6) is 1.17. The molecular formula is C31H33BrN2O3. The number of benzene rings is 3. The molecule has 3 aromatic carbocycles. The molecule has 3 atom stereocenters. The molecular weight excluding hydrogens is 528 g/mol. The van der Waals surface area contributed by atoms with Crippen LogP contribution in [0.1, 0.15) is 54.4 Å². The van der Waals surface area contributed by atoms with Crippen LogP contribution in [-0.4, -0.2) is 23.6 Å². The van der Waals surface area contributed by atoms with Crippen LogP contribution in [-0.2, 0) is 29.8 Å². The zero-order valence-electron chi connectivity index (χ0n) is 21.0. The number of nitrogens with two attached hydrogens (primary N) is 1. The number of amides is 1. The molecule has 6 heteroatoms. The fourth-order valence-corrected chi connectivity index (χ4v) is 7.55. The fourth-order valence-electron chi connectivity index (χ4n) is 6.98. The third-order valence-corrected chi connectivity index (χ3v) is 9.66. The largest absolute Gasteiger partial charge is 0.487 e. The van der Waals surface area contributed by atoms with Crippen molar-refractivity contribution in [1.82, 2.24) is 4.90 Å². The molecule has 37 heavy (non-hydrogen) atoms. The van der Waals surface area contributed by atoms with E-state index in [1.54, 1.807) is 0 Å². The molecule has 1 aliphatic heterocycles. The van der Waals surface area contributed by atoms with E-state index in [2.05, 4.69) is 34.1 Å². The van der Waals surface area contributed by atoms with Crippen LogP contribution in [0.25, 0.3) is 0 Å². The lowest BCUT2D eigenvalue weighted by atomic mass is 9.52. The number of nitrogen functional groups attached to an aromatic ring is 1. The van der Waals surface area contributed by atoms with E-state index in [1.807, 2.05) is 53.4 Å². The summed E-state index contributed by atoms with van der Waals surface area (Å²) in [5, 5.41) is 0. The number of rotatable bonds is 5. The Balaban J connectivity index is 1.30. The van der Waals surface area contributed by atoms with Crippen molar-refractivity contribution in [1.29, 1.82) is 0 Å². The zero-order valence-corrected chi connectivity index (χ0v) is 22.6. The van der Waals surface area contributed by atoms with Gasteiger partial charge in [-0.3, -0.25) is 0 Å². The summed E-state index contributed by atoms with van der Waals surface area (Å²) in [6.07, 6.45) is 6.21. The number of anilines is 1. The highest BCUT2D eigenvalue weighted by atomic mass is 79.9. The number of carbonyl (C=O) groups is 1. The van der Waals surface area contributed by atoms with E-state index in [0.29, 0.717) is 24.8 Å². The van der Waals surface area contributed by atoms with Crippen LogP contribution in [0.15, 0.2) is 71.2 Å². The van der Waals surface area contributed by atoms with Crippen molar-refractivity contribution in [2.75, 3.05) is 12.3 Å². The second-order valence-electron chi connectivity index (χ2n) is 10.7. The van der Waals surface area contributed by atoms with Gasteiger partial charge < -0.3 is 20.1 Å². The van der Waals surface area contributed by atoms with Crippen LogP contribution in [0.3, 0.4) is 0 Å². The van der Waals surface area contributed by atoms with Crippen LogP contribution in [0.5, 0.6) is 5.75 Å². The van der Waals surface area contributed by atoms with Gasteiger partial charge in [0.05, 0.1) is 5.69 Å². The van der Waals surface area contributed by atoms with Crippen LogP contribution >= 0.6 is 15.9 Å². The zero-order chi connectivity index (χ0) is 25.4. The van der Waals surface area contributed by atoms with Crippen LogP contribution in [0.4, 0.5) is 10.5 Å². The fraction of sp³-hybridized carbons (Fsp3) is 0.387. The molecule has 192 valence electrons. The van der Waals surface area contributed by atoms with Gasteiger partial charge in [0.25, 0.3) is 0 Å². The molecule has 1 amide bonds. The van der Waals surface area contributed by atoms with E-state index in [1.165, 1.54) is 24.0 Å². The second kappa shape index (κ2) is 10.1. The molecule has 5 nitrogen and oxygen atoms in total. The molecule has 1 saturated heterocycles. The summed E-state index contributed by atoms with van der Waals surface area (Å²) >= 11 is 3.84. The first-order chi connectivity index (χ1) is 18.1. The van der Waals surface area contributed by atoms with Crippen molar-refractivity contribution in [3.63, 3.8) is 0 Å². The predicted molar refractivity (Wildman–Crippen MR) is 148 cm³/mol. The predicted octanol–water partition coefficient (Wildman–Crippen LogP) is 7.01. The maximum atomic E-state index is 13.3. The van der Waals surface area contributed by atoms with Gasteiger partial charge in [0.1, 0.15) is 19.0 Å². The van der Waals surface area contributed by atoms with Gasteiger partial charge >= 0.3 is 6.09 Å². The van der Waals surface area contributed by atoms with E-state index in [9.17, 15) is 4.79 Å². The van der Waals surface area contributed by atoms with E-state index in [0.717, 1.165) is 53.6 Å². The first-order valence-electron chi connectivity index (χ1n) is 13.3. The molecule has 2 fully saturated rings. The standard InChI is InChI=1S/C31H33BrN2O3/c32-28-23-17-26-24-13-7-8-14-31(24,15-16-34(26)30(35)37-20-22-11-5-2-6-12-22)25(23)18-27(29(28)33)36-19-21-9-3-1-4-10-21/h1-6,9-12,18,24,26H,7-8,13-17,19-20,33H2/t24-,26+,31+/m1/s1. The molecule has 0 radical (unpaired) electrons. The molecule has 0 spiro atoms. The Morgan fingerprint density at radius 2 is 1.70 bits per heavy atom. The van der Waals surface area contributed by atoms with Crippen molar-refractivity contribution >= 4 is 27.7 Å². The number of ether oxygens (including phenoxy) is 2. The second-order valence-corrected chi connectivity index (χ2v) is 11.5. The van der Waals surface area contributed by atoms with Gasteiger partial charge in [-0.05, 0) is 75.9 Å². The quantitative estimate of drug-likeness (QED) is 0.341. The van der Waals surface area contributed by atoms with E-state index >= 15 is 0 Å². The normalized spacial score (nSPS) is 24.1. The van der Waals surface area contributed by atoms with Crippen LogP contribution in [0, 0.1) is 5.92 Å². The van der Waals surface area contributed by atoms with E-state index in [-0.39, 0.29) is 17.6 Å². The molecule has 1 heterocycles. The average Bonchev–Trinajstić information content (AvgIpc) is 2.94. The number of fused-ring (bicyclic) bond motifs is 1. The highest BCUT2D eigenvalue weighted by Gasteiger charge is 2.55. The summed E-state index contributed by atoms with van der Waals surface area (Å²) in [6.45, 7) is 1.50. The molecule has 2 aliphatic carbocycles. The van der Waals surface area contributed by atoms with Gasteiger partial charge in [-0.1, -0.05) is 73.5 Å². The molecule has 0 unspecified atom stereocenters. The number of hydrogen-bond donors (Lipinski definition) is 1. The first-order valence-corrected chi connectivity index (χ1v) is 14.1. The van der Waals surface area contributed by atoms with Gasteiger partial charge in [-0.15, -0.1) is 0 Å². The Kier molecular flexibility index (Phi) is 6.62. The molecule has 1 saturated carbocycles. The number of hydrogen-bond acceptors (Lipinski definition) is 4. The highest BCUT2D eigenvalue weighted by Crippen LogP contribution is 2.58. The Labute approximate surface area is 227 Å².